The number of hydrogen-bond acceptors (Lipinski definition) is 4. The summed E-state index contributed by atoms with van der Waals surface area (Å²) in [6.45, 7) is 6.37. The van der Waals surface area contributed by atoms with Crippen molar-refractivity contribution >= 4 is 5.91 Å². The average molecular weight is 367 g/mol. The van der Waals surface area contributed by atoms with Gasteiger partial charge in [-0.2, -0.15) is 5.10 Å². The number of rotatable bonds is 4. The normalized spacial score (nSPS) is 20.4. The first-order chi connectivity index (χ1) is 13.1. The van der Waals surface area contributed by atoms with Crippen LogP contribution in [-0.4, -0.2) is 50.1 Å². The molecule has 0 radical (unpaired) electrons. The van der Waals surface area contributed by atoms with Gasteiger partial charge < -0.3 is 4.90 Å². The average Bonchev–Trinajstić information content (AvgIpc) is 3.06. The Labute approximate surface area is 161 Å². The van der Waals surface area contributed by atoms with Crippen molar-refractivity contribution in [1.29, 1.82) is 0 Å². The number of likely N-dealkylation sites (tertiary alicyclic amines) is 2. The molecule has 6 nitrogen and oxygen atoms in total. The molecule has 6 heteroatoms. The summed E-state index contributed by atoms with van der Waals surface area (Å²) in [5.74, 6) is 0.345. The van der Waals surface area contributed by atoms with Gasteiger partial charge in [-0.15, -0.1) is 0 Å². The van der Waals surface area contributed by atoms with Gasteiger partial charge in [0.2, 0.25) is 5.91 Å². The zero-order valence-corrected chi connectivity index (χ0v) is 16.4. The van der Waals surface area contributed by atoms with E-state index in [-0.39, 0.29) is 5.41 Å². The highest BCUT2D eigenvalue weighted by atomic mass is 16.2. The summed E-state index contributed by atoms with van der Waals surface area (Å²) >= 11 is 0. The van der Waals surface area contributed by atoms with E-state index >= 15 is 0 Å². The summed E-state index contributed by atoms with van der Waals surface area (Å²) in [6, 6.07) is 8.13. The van der Waals surface area contributed by atoms with Crippen LogP contribution in [-0.2, 0) is 24.9 Å². The van der Waals surface area contributed by atoms with Crippen molar-refractivity contribution < 1.29 is 4.79 Å². The molecule has 0 bridgehead atoms. The molecule has 1 spiro atoms. The molecule has 144 valence electrons. The van der Waals surface area contributed by atoms with Gasteiger partial charge in [-0.3, -0.25) is 19.4 Å². The van der Waals surface area contributed by atoms with Gasteiger partial charge in [-0.25, -0.2) is 0 Å². The fourth-order valence-corrected chi connectivity index (χ4v) is 4.57. The third kappa shape index (κ3) is 3.76. The van der Waals surface area contributed by atoms with Gasteiger partial charge in [-0.1, -0.05) is 6.07 Å². The van der Waals surface area contributed by atoms with Crippen molar-refractivity contribution in [2.24, 2.45) is 12.5 Å². The predicted octanol–water partition coefficient (Wildman–Crippen LogP) is 2.53. The van der Waals surface area contributed by atoms with E-state index in [9.17, 15) is 4.79 Å². The van der Waals surface area contributed by atoms with Crippen LogP contribution >= 0.6 is 0 Å². The van der Waals surface area contributed by atoms with Gasteiger partial charge in [0.25, 0.3) is 0 Å². The van der Waals surface area contributed by atoms with E-state index in [2.05, 4.69) is 21.0 Å². The Kier molecular flexibility index (Phi) is 5.00. The van der Waals surface area contributed by atoms with Gasteiger partial charge in [0.05, 0.1) is 23.3 Å². The first-order valence-electron chi connectivity index (χ1n) is 9.97. The lowest BCUT2D eigenvalue weighted by molar-refractivity contribution is -0.150. The quantitative estimate of drug-likeness (QED) is 0.833. The van der Waals surface area contributed by atoms with Gasteiger partial charge in [0, 0.05) is 32.0 Å². The van der Waals surface area contributed by atoms with Crippen LogP contribution in [0.3, 0.4) is 0 Å². The van der Waals surface area contributed by atoms with Crippen LogP contribution in [0.2, 0.25) is 0 Å². The van der Waals surface area contributed by atoms with E-state index in [4.69, 9.17) is 0 Å². The largest absolute Gasteiger partial charge is 0.336 e. The molecule has 2 aliphatic heterocycles. The molecule has 2 fully saturated rings. The highest BCUT2D eigenvalue weighted by Gasteiger charge is 2.45. The third-order valence-electron chi connectivity index (χ3n) is 6.24. The minimum atomic E-state index is -0.162. The van der Waals surface area contributed by atoms with Crippen molar-refractivity contribution in [2.45, 2.75) is 45.7 Å². The summed E-state index contributed by atoms with van der Waals surface area (Å²) in [5, 5.41) is 4.26. The van der Waals surface area contributed by atoms with Crippen molar-refractivity contribution in [2.75, 3.05) is 19.6 Å². The number of aromatic nitrogens is 3. The molecule has 2 aromatic rings. The van der Waals surface area contributed by atoms with Crippen molar-refractivity contribution in [3.63, 3.8) is 0 Å². The van der Waals surface area contributed by atoms with Crippen LogP contribution in [0.4, 0.5) is 0 Å². The van der Waals surface area contributed by atoms with Crippen LogP contribution in [0.15, 0.2) is 30.5 Å². The van der Waals surface area contributed by atoms with Crippen LogP contribution in [0.25, 0.3) is 0 Å². The highest BCUT2D eigenvalue weighted by molar-refractivity contribution is 5.83. The van der Waals surface area contributed by atoms with Crippen LogP contribution in [0.5, 0.6) is 0 Å². The van der Waals surface area contributed by atoms with E-state index in [1.54, 1.807) is 0 Å². The van der Waals surface area contributed by atoms with E-state index in [1.807, 2.05) is 47.9 Å². The molecule has 2 aromatic heterocycles. The number of aryl methyl sites for hydroxylation is 2. The molecule has 0 aliphatic carbocycles. The van der Waals surface area contributed by atoms with Crippen LogP contribution in [0, 0.1) is 12.3 Å². The number of hydrogen-bond donors (Lipinski definition) is 0. The number of carbonyl (C=O) groups excluding carboxylic acids is 1. The Morgan fingerprint density at radius 3 is 2.59 bits per heavy atom. The predicted molar refractivity (Wildman–Crippen MR) is 104 cm³/mol. The highest BCUT2D eigenvalue weighted by Crippen LogP contribution is 2.41. The molecule has 4 heterocycles. The van der Waals surface area contributed by atoms with E-state index < -0.39 is 0 Å². The summed E-state index contributed by atoms with van der Waals surface area (Å²) in [7, 11) is 1.99. The first-order valence-corrected chi connectivity index (χ1v) is 9.97. The van der Waals surface area contributed by atoms with Crippen molar-refractivity contribution in [3.8, 4) is 0 Å². The minimum Gasteiger partial charge on any atom is -0.336 e. The smallest absolute Gasteiger partial charge is 0.229 e. The topological polar surface area (TPSA) is 54.3 Å². The van der Waals surface area contributed by atoms with Crippen molar-refractivity contribution in [1.82, 2.24) is 24.6 Å². The molecule has 0 unspecified atom stereocenters. The van der Waals surface area contributed by atoms with E-state index in [0.29, 0.717) is 12.5 Å². The van der Waals surface area contributed by atoms with Crippen molar-refractivity contribution in [3.05, 3.63) is 47.5 Å². The van der Waals surface area contributed by atoms with Gasteiger partial charge >= 0.3 is 0 Å². The molecular weight excluding hydrogens is 338 g/mol. The Balaban J connectivity index is 1.40. The van der Waals surface area contributed by atoms with Crippen LogP contribution in [0.1, 0.15) is 42.8 Å². The fraction of sp³-hybridized carbons (Fsp3) is 0.571. The molecular formula is C21H29N5O. The monoisotopic (exact) mass is 367 g/mol. The Morgan fingerprint density at radius 2 is 1.89 bits per heavy atom. The molecule has 1 amide bonds. The lowest BCUT2D eigenvalue weighted by atomic mass is 9.71. The Bertz CT molecular complexity index is 806. The van der Waals surface area contributed by atoms with Gasteiger partial charge in [-0.05, 0) is 63.9 Å². The second kappa shape index (κ2) is 7.43. The summed E-state index contributed by atoms with van der Waals surface area (Å²) in [5.41, 5.74) is 3.07. The summed E-state index contributed by atoms with van der Waals surface area (Å²) in [4.78, 5) is 22.4. The minimum absolute atomic E-state index is 0.162. The SMILES string of the molecule is Cc1cccc(CN2CCCC3(CCN(Cc4ccnn4C)CC3)C2=O)n1. The standard InChI is InChI=1S/C21H29N5O/c1-17-5-3-6-18(23-17)15-26-12-4-8-21(20(26)27)9-13-25(14-10-21)16-19-7-11-22-24(19)2/h3,5-7,11H,4,8-10,12-16H2,1-2H3. The number of pyridine rings is 1. The molecule has 0 atom stereocenters. The third-order valence-corrected chi connectivity index (χ3v) is 6.24. The summed E-state index contributed by atoms with van der Waals surface area (Å²) < 4.78 is 1.94. The summed E-state index contributed by atoms with van der Waals surface area (Å²) in [6.07, 6.45) is 5.90. The first kappa shape index (κ1) is 18.2. The maximum Gasteiger partial charge on any atom is 0.229 e. The fourth-order valence-electron chi connectivity index (χ4n) is 4.57. The van der Waals surface area contributed by atoms with Gasteiger partial charge in [0.15, 0.2) is 0 Å². The number of piperidine rings is 2. The molecule has 0 N–H and O–H groups in total. The second-order valence-electron chi connectivity index (χ2n) is 8.10. The number of amides is 1. The Morgan fingerprint density at radius 1 is 1.07 bits per heavy atom. The molecule has 2 saturated heterocycles. The number of nitrogens with zero attached hydrogens (tertiary/aromatic N) is 5. The Hall–Kier alpha value is -2.21. The molecule has 2 aliphatic rings. The number of carbonyl (C=O) groups is 1. The lowest BCUT2D eigenvalue weighted by Crippen LogP contribution is -2.53. The van der Waals surface area contributed by atoms with E-state index in [0.717, 1.165) is 63.3 Å². The van der Waals surface area contributed by atoms with Gasteiger partial charge in [0.1, 0.15) is 0 Å². The van der Waals surface area contributed by atoms with E-state index in [1.165, 1.54) is 5.69 Å². The maximum atomic E-state index is 13.3. The molecule has 0 aromatic carbocycles. The second-order valence-corrected chi connectivity index (χ2v) is 8.10. The zero-order valence-electron chi connectivity index (χ0n) is 16.4. The van der Waals surface area contributed by atoms with Crippen LogP contribution < -0.4 is 0 Å². The molecule has 4 rings (SSSR count). The lowest BCUT2D eigenvalue weighted by Gasteiger charge is -2.46. The molecule has 27 heavy (non-hydrogen) atoms. The zero-order chi connectivity index (χ0) is 18.9. The maximum absolute atomic E-state index is 13.3. The molecule has 0 saturated carbocycles.